The Labute approximate surface area is 124 Å². The number of ether oxygens (including phenoxy) is 2. The highest BCUT2D eigenvalue weighted by molar-refractivity contribution is 6.06. The molecule has 2 rings (SSSR count). The SMILES string of the molecule is CCCCN1C(=O)CC(c2ccc(OC)c(OC)c2)C1=O. The maximum absolute atomic E-state index is 12.4. The first-order chi connectivity index (χ1) is 10.1. The molecule has 0 N–H and O–H groups in total. The Hall–Kier alpha value is -2.04. The molecule has 1 aliphatic heterocycles. The third-order valence-electron chi connectivity index (χ3n) is 3.79. The highest BCUT2D eigenvalue weighted by atomic mass is 16.5. The maximum Gasteiger partial charge on any atom is 0.237 e. The third-order valence-corrected chi connectivity index (χ3v) is 3.79. The zero-order chi connectivity index (χ0) is 15.4. The van der Waals surface area contributed by atoms with E-state index in [1.807, 2.05) is 13.0 Å². The van der Waals surface area contributed by atoms with Gasteiger partial charge in [-0.15, -0.1) is 0 Å². The Morgan fingerprint density at radius 1 is 1.19 bits per heavy atom. The van der Waals surface area contributed by atoms with Crippen LogP contribution in [0.15, 0.2) is 18.2 Å². The van der Waals surface area contributed by atoms with Crippen molar-refractivity contribution in [1.82, 2.24) is 4.90 Å². The van der Waals surface area contributed by atoms with Crippen molar-refractivity contribution in [3.05, 3.63) is 23.8 Å². The number of imide groups is 1. The number of amides is 2. The summed E-state index contributed by atoms with van der Waals surface area (Å²) in [7, 11) is 3.12. The van der Waals surface area contributed by atoms with Crippen LogP contribution < -0.4 is 9.47 Å². The summed E-state index contributed by atoms with van der Waals surface area (Å²) in [5.74, 6) is 0.575. The summed E-state index contributed by atoms with van der Waals surface area (Å²) in [6.07, 6.45) is 2.03. The molecule has 1 fully saturated rings. The largest absolute Gasteiger partial charge is 0.493 e. The van der Waals surface area contributed by atoms with Crippen molar-refractivity contribution in [3.8, 4) is 11.5 Å². The fourth-order valence-electron chi connectivity index (χ4n) is 2.56. The van der Waals surface area contributed by atoms with Crippen LogP contribution in [0, 0.1) is 0 Å². The fraction of sp³-hybridized carbons (Fsp3) is 0.500. The quantitative estimate of drug-likeness (QED) is 0.755. The normalized spacial score (nSPS) is 18.2. The minimum absolute atomic E-state index is 0.0896. The molecule has 2 amide bonds. The summed E-state index contributed by atoms with van der Waals surface area (Å²) in [6, 6.07) is 5.36. The minimum atomic E-state index is -0.408. The number of hydrogen-bond donors (Lipinski definition) is 0. The number of unbranched alkanes of at least 4 members (excludes halogenated alkanes) is 1. The molecule has 1 aromatic rings. The molecule has 0 radical (unpaired) electrons. The van der Waals surface area contributed by atoms with Crippen LogP contribution in [-0.4, -0.2) is 37.5 Å². The van der Waals surface area contributed by atoms with Crippen LogP contribution in [0.5, 0.6) is 11.5 Å². The third kappa shape index (κ3) is 3.01. The number of likely N-dealkylation sites (tertiary alicyclic amines) is 1. The molecule has 21 heavy (non-hydrogen) atoms. The van der Waals surface area contributed by atoms with Crippen LogP contribution in [0.4, 0.5) is 0 Å². The average molecular weight is 291 g/mol. The lowest BCUT2D eigenvalue weighted by Gasteiger charge is -2.15. The molecule has 1 saturated heterocycles. The highest BCUT2D eigenvalue weighted by Gasteiger charge is 2.39. The van der Waals surface area contributed by atoms with E-state index in [9.17, 15) is 9.59 Å². The second-order valence-electron chi connectivity index (χ2n) is 5.11. The summed E-state index contributed by atoms with van der Waals surface area (Å²) >= 11 is 0. The van der Waals surface area contributed by atoms with Gasteiger partial charge < -0.3 is 9.47 Å². The van der Waals surface area contributed by atoms with Crippen LogP contribution >= 0.6 is 0 Å². The van der Waals surface area contributed by atoms with Gasteiger partial charge in [0.2, 0.25) is 11.8 Å². The van der Waals surface area contributed by atoms with E-state index in [0.29, 0.717) is 18.0 Å². The van der Waals surface area contributed by atoms with E-state index in [-0.39, 0.29) is 18.2 Å². The lowest BCUT2D eigenvalue weighted by molar-refractivity contribution is -0.138. The number of benzene rings is 1. The van der Waals surface area contributed by atoms with Crippen molar-refractivity contribution in [1.29, 1.82) is 0 Å². The summed E-state index contributed by atoms with van der Waals surface area (Å²) < 4.78 is 10.4. The van der Waals surface area contributed by atoms with Gasteiger partial charge in [0.05, 0.1) is 20.1 Å². The Balaban J connectivity index is 2.23. The minimum Gasteiger partial charge on any atom is -0.493 e. The van der Waals surface area contributed by atoms with E-state index < -0.39 is 5.92 Å². The van der Waals surface area contributed by atoms with Crippen molar-refractivity contribution in [2.75, 3.05) is 20.8 Å². The molecule has 1 atom stereocenters. The Bertz CT molecular complexity index is 541. The van der Waals surface area contributed by atoms with Crippen molar-refractivity contribution >= 4 is 11.8 Å². The molecule has 1 unspecified atom stereocenters. The summed E-state index contributed by atoms with van der Waals surface area (Å²) in [4.78, 5) is 25.8. The first-order valence-corrected chi connectivity index (χ1v) is 7.18. The number of rotatable bonds is 6. The van der Waals surface area contributed by atoms with Gasteiger partial charge in [-0.25, -0.2) is 0 Å². The summed E-state index contributed by atoms with van der Waals surface area (Å²) in [5.41, 5.74) is 0.796. The smallest absolute Gasteiger partial charge is 0.237 e. The lowest BCUT2D eigenvalue weighted by Crippen LogP contribution is -2.31. The molecule has 1 aromatic carbocycles. The molecule has 1 aliphatic rings. The topological polar surface area (TPSA) is 55.8 Å². The van der Waals surface area contributed by atoms with E-state index >= 15 is 0 Å². The summed E-state index contributed by atoms with van der Waals surface area (Å²) in [6.45, 7) is 2.55. The van der Waals surface area contributed by atoms with E-state index in [0.717, 1.165) is 18.4 Å². The monoisotopic (exact) mass is 291 g/mol. The van der Waals surface area contributed by atoms with Crippen molar-refractivity contribution in [3.63, 3.8) is 0 Å². The molecule has 5 nitrogen and oxygen atoms in total. The van der Waals surface area contributed by atoms with Crippen LogP contribution in [0.3, 0.4) is 0 Å². The van der Waals surface area contributed by atoms with Gasteiger partial charge in [0.1, 0.15) is 0 Å². The molecule has 114 valence electrons. The fourth-order valence-corrected chi connectivity index (χ4v) is 2.56. The molecule has 0 aromatic heterocycles. The Morgan fingerprint density at radius 3 is 2.52 bits per heavy atom. The van der Waals surface area contributed by atoms with E-state index in [1.165, 1.54) is 4.90 Å². The van der Waals surface area contributed by atoms with Gasteiger partial charge >= 0.3 is 0 Å². The predicted octanol–water partition coefficient (Wildman–Crippen LogP) is 2.35. The molecule has 5 heteroatoms. The van der Waals surface area contributed by atoms with Crippen molar-refractivity contribution < 1.29 is 19.1 Å². The van der Waals surface area contributed by atoms with Gasteiger partial charge in [0.15, 0.2) is 11.5 Å². The number of hydrogen-bond acceptors (Lipinski definition) is 4. The molecule has 0 aliphatic carbocycles. The average Bonchev–Trinajstić information content (AvgIpc) is 2.79. The van der Waals surface area contributed by atoms with Crippen LogP contribution in [0.2, 0.25) is 0 Å². The first-order valence-electron chi connectivity index (χ1n) is 7.18. The van der Waals surface area contributed by atoms with Gasteiger partial charge in [0, 0.05) is 13.0 Å². The molecule has 0 spiro atoms. The number of nitrogens with zero attached hydrogens (tertiary/aromatic N) is 1. The molecule has 0 bridgehead atoms. The van der Waals surface area contributed by atoms with E-state index in [2.05, 4.69) is 0 Å². The van der Waals surface area contributed by atoms with Gasteiger partial charge in [-0.1, -0.05) is 19.4 Å². The molecular formula is C16H21NO4. The maximum atomic E-state index is 12.4. The van der Waals surface area contributed by atoms with E-state index in [1.54, 1.807) is 26.4 Å². The van der Waals surface area contributed by atoms with Gasteiger partial charge in [-0.05, 0) is 24.1 Å². The van der Waals surface area contributed by atoms with Crippen LogP contribution in [-0.2, 0) is 9.59 Å². The van der Waals surface area contributed by atoms with Gasteiger partial charge in [-0.3, -0.25) is 14.5 Å². The molecule has 0 saturated carbocycles. The van der Waals surface area contributed by atoms with Gasteiger partial charge in [0.25, 0.3) is 0 Å². The molecular weight excluding hydrogens is 270 g/mol. The molecule has 1 heterocycles. The number of carbonyl (C=O) groups is 2. The number of methoxy groups -OCH3 is 2. The van der Waals surface area contributed by atoms with Crippen LogP contribution in [0.1, 0.15) is 37.7 Å². The van der Waals surface area contributed by atoms with Crippen molar-refractivity contribution in [2.45, 2.75) is 32.1 Å². The van der Waals surface area contributed by atoms with E-state index in [4.69, 9.17) is 9.47 Å². The zero-order valence-corrected chi connectivity index (χ0v) is 12.7. The van der Waals surface area contributed by atoms with Gasteiger partial charge in [-0.2, -0.15) is 0 Å². The van der Waals surface area contributed by atoms with Crippen molar-refractivity contribution in [2.24, 2.45) is 0 Å². The highest BCUT2D eigenvalue weighted by Crippen LogP contribution is 2.35. The standard InChI is InChI=1S/C16H21NO4/c1-4-5-8-17-15(18)10-12(16(17)19)11-6-7-13(20-2)14(9-11)21-3/h6-7,9,12H,4-5,8,10H2,1-3H3. The Kier molecular flexibility index (Phi) is 4.83. The Morgan fingerprint density at radius 2 is 1.90 bits per heavy atom. The second-order valence-corrected chi connectivity index (χ2v) is 5.11. The first kappa shape index (κ1) is 15.4. The van der Waals surface area contributed by atoms with Crippen LogP contribution in [0.25, 0.3) is 0 Å². The summed E-state index contributed by atoms with van der Waals surface area (Å²) in [5, 5.41) is 0. The predicted molar refractivity (Wildman–Crippen MR) is 78.5 cm³/mol. The second kappa shape index (κ2) is 6.61. The lowest BCUT2D eigenvalue weighted by atomic mass is 9.97. The zero-order valence-electron chi connectivity index (χ0n) is 12.7. The number of carbonyl (C=O) groups excluding carboxylic acids is 2.